The van der Waals surface area contributed by atoms with Gasteiger partial charge in [-0.3, -0.25) is 4.79 Å². The Bertz CT molecular complexity index is 439. The number of carbonyl (C=O) groups is 1. The maximum absolute atomic E-state index is 11.6. The number of carbonyl (C=O) groups excluding carboxylic acids is 1. The van der Waals surface area contributed by atoms with Gasteiger partial charge in [-0.05, 0) is 24.6 Å². The van der Waals surface area contributed by atoms with Gasteiger partial charge in [-0.15, -0.1) is 12.3 Å². The van der Waals surface area contributed by atoms with Gasteiger partial charge in [0.05, 0.1) is 12.1 Å². The molecule has 1 aromatic rings. The summed E-state index contributed by atoms with van der Waals surface area (Å²) in [5.74, 6) is 2.11. The number of halogens is 1. The lowest BCUT2D eigenvalue weighted by Gasteiger charge is -2.17. The zero-order valence-corrected chi connectivity index (χ0v) is 10.4. The van der Waals surface area contributed by atoms with E-state index >= 15 is 0 Å². The first kappa shape index (κ1) is 13.6. The van der Waals surface area contributed by atoms with Crippen molar-refractivity contribution in [3.05, 3.63) is 34.9 Å². The predicted octanol–water partition coefficient (Wildman–Crippen LogP) is 1.87. The molecule has 1 aromatic carbocycles. The summed E-state index contributed by atoms with van der Waals surface area (Å²) in [5.41, 5.74) is 6.53. The largest absolute Gasteiger partial charge is 0.348 e. The fourth-order valence-corrected chi connectivity index (χ4v) is 1.60. The Kier molecular flexibility index (Phi) is 5.02. The molecule has 0 aliphatic heterocycles. The Balaban J connectivity index is 2.64. The van der Waals surface area contributed by atoms with E-state index in [4.69, 9.17) is 23.8 Å². The predicted molar refractivity (Wildman–Crippen MR) is 69.4 cm³/mol. The van der Waals surface area contributed by atoms with Crippen LogP contribution in [-0.4, -0.2) is 11.9 Å². The molecule has 0 bridgehead atoms. The van der Waals surface area contributed by atoms with Crippen LogP contribution in [0.2, 0.25) is 5.02 Å². The first-order valence-electron chi connectivity index (χ1n) is 5.29. The van der Waals surface area contributed by atoms with Crippen LogP contribution in [-0.2, 0) is 4.79 Å². The van der Waals surface area contributed by atoms with Crippen molar-refractivity contribution < 1.29 is 4.79 Å². The molecular formula is C13H15ClN2O. The number of rotatable bonds is 4. The van der Waals surface area contributed by atoms with E-state index in [1.165, 1.54) is 0 Å². The highest BCUT2D eigenvalue weighted by Gasteiger charge is 2.15. The summed E-state index contributed by atoms with van der Waals surface area (Å²) in [6.45, 7) is 1.87. The number of terminal acetylenes is 1. The molecule has 3 nitrogen and oxygen atoms in total. The monoisotopic (exact) mass is 250 g/mol. The highest BCUT2D eigenvalue weighted by atomic mass is 35.5. The summed E-state index contributed by atoms with van der Waals surface area (Å²) in [6.07, 6.45) is 5.33. The molecule has 0 spiro atoms. The molecule has 2 atom stereocenters. The van der Waals surface area contributed by atoms with Gasteiger partial charge >= 0.3 is 0 Å². The molecule has 0 saturated heterocycles. The van der Waals surface area contributed by atoms with E-state index in [-0.39, 0.29) is 18.4 Å². The third-order valence-corrected chi connectivity index (χ3v) is 2.62. The average Bonchev–Trinajstić information content (AvgIpc) is 2.29. The maximum atomic E-state index is 11.6. The van der Waals surface area contributed by atoms with Gasteiger partial charge in [0.1, 0.15) is 0 Å². The number of nitrogens with one attached hydrogen (secondary N) is 1. The zero-order valence-electron chi connectivity index (χ0n) is 9.61. The molecule has 3 N–H and O–H groups in total. The van der Waals surface area contributed by atoms with E-state index in [1.807, 2.05) is 19.1 Å². The van der Waals surface area contributed by atoms with Crippen molar-refractivity contribution in [2.24, 2.45) is 5.73 Å². The second kappa shape index (κ2) is 6.29. The van der Waals surface area contributed by atoms with Crippen molar-refractivity contribution in [1.29, 1.82) is 0 Å². The van der Waals surface area contributed by atoms with E-state index in [0.717, 1.165) is 5.56 Å². The number of hydrogen-bond acceptors (Lipinski definition) is 2. The first-order chi connectivity index (χ1) is 8.04. The fourth-order valence-electron chi connectivity index (χ4n) is 1.40. The van der Waals surface area contributed by atoms with Crippen molar-refractivity contribution in [2.45, 2.75) is 25.4 Å². The van der Waals surface area contributed by atoms with Gasteiger partial charge in [-0.2, -0.15) is 0 Å². The van der Waals surface area contributed by atoms with Crippen LogP contribution >= 0.6 is 11.6 Å². The maximum Gasteiger partial charge on any atom is 0.238 e. The molecule has 1 amide bonds. The van der Waals surface area contributed by atoms with E-state index < -0.39 is 6.04 Å². The van der Waals surface area contributed by atoms with Gasteiger partial charge < -0.3 is 11.1 Å². The standard InChI is InChI=1S/C13H15ClN2O/c1-3-5-12(15)13(17)16-9(2)10-6-4-7-11(14)8-10/h1,4,6-9,12H,5,15H2,2H3,(H,16,17)/t9-,12?/m1/s1. The molecule has 0 fully saturated rings. The minimum atomic E-state index is -0.665. The fraction of sp³-hybridized carbons (Fsp3) is 0.308. The third-order valence-electron chi connectivity index (χ3n) is 2.38. The van der Waals surface area contributed by atoms with Gasteiger partial charge in [-0.1, -0.05) is 23.7 Å². The van der Waals surface area contributed by atoms with Crippen molar-refractivity contribution in [3.8, 4) is 12.3 Å². The Morgan fingerprint density at radius 3 is 2.94 bits per heavy atom. The summed E-state index contributed by atoms with van der Waals surface area (Å²) >= 11 is 5.87. The van der Waals surface area contributed by atoms with Crippen LogP contribution < -0.4 is 11.1 Å². The summed E-state index contributed by atoms with van der Waals surface area (Å²) < 4.78 is 0. The van der Waals surface area contributed by atoms with E-state index in [9.17, 15) is 4.79 Å². The zero-order chi connectivity index (χ0) is 12.8. The molecule has 0 aliphatic carbocycles. The van der Waals surface area contributed by atoms with Crippen LogP contribution in [0.5, 0.6) is 0 Å². The van der Waals surface area contributed by atoms with Crippen LogP contribution in [0.4, 0.5) is 0 Å². The summed E-state index contributed by atoms with van der Waals surface area (Å²) in [5, 5.41) is 3.43. The number of hydrogen-bond donors (Lipinski definition) is 2. The highest BCUT2D eigenvalue weighted by Crippen LogP contribution is 2.17. The van der Waals surface area contributed by atoms with Crippen molar-refractivity contribution >= 4 is 17.5 Å². The van der Waals surface area contributed by atoms with E-state index in [1.54, 1.807) is 12.1 Å². The summed E-state index contributed by atoms with van der Waals surface area (Å²) in [4.78, 5) is 11.6. The molecule has 0 aromatic heterocycles. The molecule has 0 radical (unpaired) electrons. The van der Waals surface area contributed by atoms with Crippen molar-refractivity contribution in [3.63, 3.8) is 0 Å². The van der Waals surface area contributed by atoms with Crippen LogP contribution in [0, 0.1) is 12.3 Å². The molecule has 0 saturated carbocycles. The number of nitrogens with two attached hydrogens (primary N) is 1. The molecule has 1 unspecified atom stereocenters. The lowest BCUT2D eigenvalue weighted by atomic mass is 10.1. The second-order valence-electron chi connectivity index (χ2n) is 3.80. The molecular weight excluding hydrogens is 236 g/mol. The Morgan fingerprint density at radius 2 is 2.35 bits per heavy atom. The van der Waals surface area contributed by atoms with Gasteiger partial charge in [0.25, 0.3) is 0 Å². The van der Waals surface area contributed by atoms with E-state index in [0.29, 0.717) is 5.02 Å². The smallest absolute Gasteiger partial charge is 0.238 e. The minimum Gasteiger partial charge on any atom is -0.348 e. The van der Waals surface area contributed by atoms with Crippen LogP contribution in [0.3, 0.4) is 0 Å². The Morgan fingerprint density at radius 1 is 1.65 bits per heavy atom. The van der Waals surface area contributed by atoms with Gasteiger partial charge in [0.2, 0.25) is 5.91 Å². The van der Waals surface area contributed by atoms with E-state index in [2.05, 4.69) is 11.2 Å². The topological polar surface area (TPSA) is 55.1 Å². The van der Waals surface area contributed by atoms with Gasteiger partial charge in [-0.25, -0.2) is 0 Å². The molecule has 0 heterocycles. The Labute approximate surface area is 106 Å². The van der Waals surface area contributed by atoms with Crippen molar-refractivity contribution in [1.82, 2.24) is 5.32 Å². The summed E-state index contributed by atoms with van der Waals surface area (Å²) in [7, 11) is 0. The van der Waals surface area contributed by atoms with Crippen molar-refractivity contribution in [2.75, 3.05) is 0 Å². The quantitative estimate of drug-likeness (QED) is 0.802. The minimum absolute atomic E-state index is 0.148. The number of benzene rings is 1. The lowest BCUT2D eigenvalue weighted by molar-refractivity contribution is -0.122. The second-order valence-corrected chi connectivity index (χ2v) is 4.24. The molecule has 17 heavy (non-hydrogen) atoms. The highest BCUT2D eigenvalue weighted by molar-refractivity contribution is 6.30. The summed E-state index contributed by atoms with van der Waals surface area (Å²) in [6, 6.07) is 6.50. The van der Waals surface area contributed by atoms with Gasteiger partial charge in [0.15, 0.2) is 0 Å². The molecule has 90 valence electrons. The Hall–Kier alpha value is -1.50. The lowest BCUT2D eigenvalue weighted by Crippen LogP contribution is -2.41. The molecule has 0 aliphatic rings. The van der Waals surface area contributed by atoms with Crippen LogP contribution in [0.25, 0.3) is 0 Å². The first-order valence-corrected chi connectivity index (χ1v) is 5.67. The third kappa shape index (κ3) is 4.10. The normalized spacial score (nSPS) is 13.5. The SMILES string of the molecule is C#CCC(N)C(=O)N[C@H](C)c1cccc(Cl)c1. The van der Waals surface area contributed by atoms with Crippen LogP contribution in [0.15, 0.2) is 24.3 Å². The van der Waals surface area contributed by atoms with Gasteiger partial charge in [0, 0.05) is 11.4 Å². The number of amides is 1. The average molecular weight is 251 g/mol. The van der Waals surface area contributed by atoms with Crippen LogP contribution in [0.1, 0.15) is 24.9 Å². The molecule has 1 rings (SSSR count). The molecule has 4 heteroatoms.